The number of carbonyl (C=O) groups excluding carboxylic acids is 1. The Morgan fingerprint density at radius 1 is 1.05 bits per heavy atom. The van der Waals surface area contributed by atoms with Gasteiger partial charge in [-0.1, -0.05) is 63.6 Å². The van der Waals surface area contributed by atoms with Crippen molar-refractivity contribution in [3.8, 4) is 0 Å². The summed E-state index contributed by atoms with van der Waals surface area (Å²) in [6.07, 6.45) is 12.7. The largest absolute Gasteiger partial charge is 0.336 e. The van der Waals surface area contributed by atoms with Crippen LogP contribution in [0.3, 0.4) is 0 Å². The van der Waals surface area contributed by atoms with Crippen LogP contribution in [0.15, 0.2) is 36.5 Å². The summed E-state index contributed by atoms with van der Waals surface area (Å²) < 4.78 is 2.06. The van der Waals surface area contributed by atoms with E-state index in [0.29, 0.717) is 0 Å². The number of fused-ring (bicyclic) bond motifs is 1. The van der Waals surface area contributed by atoms with Crippen LogP contribution in [0.2, 0.25) is 0 Å². The first-order valence-electron chi connectivity index (χ1n) is 7.80. The normalized spacial score (nSPS) is 12.7. The van der Waals surface area contributed by atoms with E-state index >= 15 is 0 Å². The van der Waals surface area contributed by atoms with Crippen molar-refractivity contribution in [2.75, 3.05) is 0 Å². The van der Waals surface area contributed by atoms with Crippen LogP contribution in [-0.2, 0) is 4.79 Å². The average Bonchev–Trinajstić information content (AvgIpc) is 2.91. The van der Waals surface area contributed by atoms with Gasteiger partial charge >= 0.3 is 0 Å². The molecule has 0 aliphatic carbocycles. The van der Waals surface area contributed by atoms with Crippen LogP contribution >= 0.6 is 0 Å². The molecule has 0 saturated heterocycles. The molecule has 0 saturated carbocycles. The Morgan fingerprint density at radius 3 is 2.60 bits per heavy atom. The zero-order chi connectivity index (χ0) is 14.2. The molecule has 1 atom stereocenters. The van der Waals surface area contributed by atoms with Gasteiger partial charge in [0.15, 0.2) is 0 Å². The number of nitrogens with zero attached hydrogens (tertiary/aromatic N) is 1. The lowest BCUT2D eigenvalue weighted by atomic mass is 10.1. The number of rotatable bonds is 9. The minimum atomic E-state index is -0.138. The van der Waals surface area contributed by atoms with Gasteiger partial charge in [-0.2, -0.15) is 0 Å². The zero-order valence-corrected chi connectivity index (χ0v) is 12.3. The SMILES string of the molecule is CCCCCCCCC([C]=O)n1ccc2ccccc21. The fourth-order valence-corrected chi connectivity index (χ4v) is 2.75. The van der Waals surface area contributed by atoms with Gasteiger partial charge in [0.25, 0.3) is 0 Å². The van der Waals surface area contributed by atoms with Gasteiger partial charge in [0.1, 0.15) is 0 Å². The second-order valence-corrected chi connectivity index (χ2v) is 5.47. The first kappa shape index (κ1) is 14.8. The molecule has 107 valence electrons. The van der Waals surface area contributed by atoms with Crippen LogP contribution in [0.4, 0.5) is 0 Å². The summed E-state index contributed by atoms with van der Waals surface area (Å²) in [7, 11) is 0. The molecular weight excluding hydrogens is 246 g/mol. The van der Waals surface area contributed by atoms with Gasteiger partial charge in [0, 0.05) is 11.7 Å². The molecular formula is C18H24NO. The van der Waals surface area contributed by atoms with Gasteiger partial charge in [0.2, 0.25) is 6.29 Å². The van der Waals surface area contributed by atoms with Gasteiger partial charge in [-0.25, -0.2) is 0 Å². The van der Waals surface area contributed by atoms with E-state index in [1.54, 1.807) is 0 Å². The highest BCUT2D eigenvalue weighted by Gasteiger charge is 2.12. The minimum absolute atomic E-state index is 0.138. The molecule has 1 heterocycles. The van der Waals surface area contributed by atoms with Crippen molar-refractivity contribution in [1.29, 1.82) is 0 Å². The van der Waals surface area contributed by atoms with Crippen molar-refractivity contribution in [1.82, 2.24) is 4.57 Å². The van der Waals surface area contributed by atoms with E-state index in [0.717, 1.165) is 18.4 Å². The second kappa shape index (κ2) is 7.88. The molecule has 1 unspecified atom stereocenters. The Morgan fingerprint density at radius 2 is 1.80 bits per heavy atom. The fourth-order valence-electron chi connectivity index (χ4n) is 2.75. The Hall–Kier alpha value is -1.57. The molecule has 0 fully saturated rings. The van der Waals surface area contributed by atoms with E-state index in [9.17, 15) is 4.79 Å². The Bertz CT molecular complexity index is 529. The highest BCUT2D eigenvalue weighted by atomic mass is 16.1. The standard InChI is InChI=1S/C18H24NO/c1-2-3-4-5-6-7-11-17(15-20)19-14-13-16-10-8-9-12-18(16)19/h8-10,12-14,17H,2-7,11H2,1H3. The van der Waals surface area contributed by atoms with E-state index in [-0.39, 0.29) is 6.04 Å². The van der Waals surface area contributed by atoms with E-state index in [2.05, 4.69) is 36.0 Å². The Kier molecular flexibility index (Phi) is 5.85. The molecule has 1 aromatic heterocycles. The number of aromatic nitrogens is 1. The molecule has 0 aliphatic rings. The van der Waals surface area contributed by atoms with Gasteiger partial charge in [-0.05, 0) is 23.9 Å². The van der Waals surface area contributed by atoms with Crippen molar-refractivity contribution in [2.45, 2.75) is 57.9 Å². The zero-order valence-electron chi connectivity index (χ0n) is 12.3. The highest BCUT2D eigenvalue weighted by molar-refractivity contribution is 5.81. The first-order chi connectivity index (χ1) is 9.86. The Balaban J connectivity index is 1.90. The quantitative estimate of drug-likeness (QED) is 0.585. The number of hydrogen-bond donors (Lipinski definition) is 0. The van der Waals surface area contributed by atoms with Crippen molar-refractivity contribution in [3.05, 3.63) is 36.5 Å². The van der Waals surface area contributed by atoms with Crippen molar-refractivity contribution >= 4 is 17.2 Å². The Labute approximate surface area is 121 Å². The monoisotopic (exact) mass is 270 g/mol. The molecule has 20 heavy (non-hydrogen) atoms. The van der Waals surface area contributed by atoms with Crippen LogP contribution in [0.25, 0.3) is 10.9 Å². The molecule has 1 radical (unpaired) electrons. The maximum atomic E-state index is 11.3. The van der Waals surface area contributed by atoms with Gasteiger partial charge in [-0.3, -0.25) is 4.79 Å². The lowest BCUT2D eigenvalue weighted by Gasteiger charge is -2.13. The van der Waals surface area contributed by atoms with Crippen LogP contribution in [-0.4, -0.2) is 10.9 Å². The van der Waals surface area contributed by atoms with E-state index < -0.39 is 0 Å². The fraction of sp³-hybridized carbons (Fsp3) is 0.500. The molecule has 0 N–H and O–H groups in total. The summed E-state index contributed by atoms with van der Waals surface area (Å²) in [4.78, 5) is 11.3. The van der Waals surface area contributed by atoms with Gasteiger partial charge < -0.3 is 4.57 Å². The van der Waals surface area contributed by atoms with Crippen LogP contribution < -0.4 is 0 Å². The smallest absolute Gasteiger partial charge is 0.223 e. The third-order valence-corrected chi connectivity index (χ3v) is 3.93. The van der Waals surface area contributed by atoms with Crippen LogP contribution in [0.5, 0.6) is 0 Å². The molecule has 2 rings (SSSR count). The predicted molar refractivity (Wildman–Crippen MR) is 84.7 cm³/mol. The molecule has 1 aromatic carbocycles. The lowest BCUT2D eigenvalue weighted by Crippen LogP contribution is -2.09. The van der Waals surface area contributed by atoms with E-state index in [4.69, 9.17) is 0 Å². The summed E-state index contributed by atoms with van der Waals surface area (Å²) in [6, 6.07) is 10.1. The molecule has 2 aromatic rings. The first-order valence-corrected chi connectivity index (χ1v) is 7.80. The van der Waals surface area contributed by atoms with Gasteiger partial charge in [-0.15, -0.1) is 0 Å². The van der Waals surface area contributed by atoms with Crippen LogP contribution in [0.1, 0.15) is 57.9 Å². The summed E-state index contributed by atoms with van der Waals surface area (Å²) >= 11 is 0. The van der Waals surface area contributed by atoms with Crippen LogP contribution in [0, 0.1) is 0 Å². The van der Waals surface area contributed by atoms with E-state index in [1.807, 2.05) is 18.3 Å². The maximum absolute atomic E-state index is 11.3. The summed E-state index contributed by atoms with van der Waals surface area (Å²) in [6.45, 7) is 2.23. The van der Waals surface area contributed by atoms with Crippen molar-refractivity contribution in [3.63, 3.8) is 0 Å². The third kappa shape index (κ3) is 3.72. The van der Waals surface area contributed by atoms with Crippen molar-refractivity contribution in [2.24, 2.45) is 0 Å². The number of hydrogen-bond acceptors (Lipinski definition) is 1. The summed E-state index contributed by atoms with van der Waals surface area (Å²) in [5.74, 6) is 0. The van der Waals surface area contributed by atoms with Gasteiger partial charge in [0.05, 0.1) is 6.04 Å². The lowest BCUT2D eigenvalue weighted by molar-refractivity contribution is 0.482. The second-order valence-electron chi connectivity index (χ2n) is 5.47. The number of benzene rings is 1. The topological polar surface area (TPSA) is 22.0 Å². The maximum Gasteiger partial charge on any atom is 0.223 e. The average molecular weight is 270 g/mol. The molecule has 0 aliphatic heterocycles. The molecule has 2 heteroatoms. The minimum Gasteiger partial charge on any atom is -0.336 e. The highest BCUT2D eigenvalue weighted by Crippen LogP contribution is 2.22. The number of unbranched alkanes of at least 4 members (excludes halogenated alkanes) is 5. The predicted octanol–water partition coefficient (Wildman–Crippen LogP) is 5.04. The third-order valence-electron chi connectivity index (χ3n) is 3.93. The summed E-state index contributed by atoms with van der Waals surface area (Å²) in [5, 5.41) is 1.19. The summed E-state index contributed by atoms with van der Waals surface area (Å²) in [5.41, 5.74) is 1.13. The molecule has 2 nitrogen and oxygen atoms in total. The molecule has 0 bridgehead atoms. The van der Waals surface area contributed by atoms with E-state index in [1.165, 1.54) is 37.5 Å². The molecule has 0 amide bonds. The molecule has 0 spiro atoms. The number of para-hydroxylation sites is 1. The van der Waals surface area contributed by atoms with Crippen molar-refractivity contribution < 1.29 is 4.79 Å².